The van der Waals surface area contributed by atoms with Crippen molar-refractivity contribution < 1.29 is 4.79 Å². The molecule has 3 nitrogen and oxygen atoms in total. The summed E-state index contributed by atoms with van der Waals surface area (Å²) < 4.78 is 0. The first-order valence-corrected chi connectivity index (χ1v) is 6.05. The third-order valence-corrected chi connectivity index (χ3v) is 3.97. The minimum atomic E-state index is 0.223. The number of nitrogens with two attached hydrogens (primary N) is 1. The zero-order valence-electron chi connectivity index (χ0n) is 9.75. The molecule has 0 aromatic rings. The number of carbonyl (C=O) groups is 1. The molecule has 3 N–H and O–H groups in total. The van der Waals surface area contributed by atoms with Gasteiger partial charge >= 0.3 is 0 Å². The van der Waals surface area contributed by atoms with Crippen molar-refractivity contribution >= 4 is 5.91 Å². The summed E-state index contributed by atoms with van der Waals surface area (Å²) in [4.78, 5) is 11.9. The van der Waals surface area contributed by atoms with E-state index in [2.05, 4.69) is 19.2 Å². The van der Waals surface area contributed by atoms with E-state index in [1.54, 1.807) is 0 Å². The third-order valence-electron chi connectivity index (χ3n) is 3.97. The maximum absolute atomic E-state index is 11.9. The maximum Gasteiger partial charge on any atom is 0.223 e. The van der Waals surface area contributed by atoms with Crippen LogP contribution in [-0.4, -0.2) is 18.0 Å². The second kappa shape index (κ2) is 3.78. The van der Waals surface area contributed by atoms with Crippen molar-refractivity contribution in [1.82, 2.24) is 5.32 Å². The minimum absolute atomic E-state index is 0.223. The number of carbonyl (C=O) groups excluding carboxylic acids is 1. The Labute approximate surface area is 91.8 Å². The van der Waals surface area contributed by atoms with Crippen LogP contribution >= 0.6 is 0 Å². The van der Waals surface area contributed by atoms with Crippen LogP contribution < -0.4 is 11.1 Å². The summed E-state index contributed by atoms with van der Waals surface area (Å²) >= 11 is 0. The first-order chi connectivity index (χ1) is 6.99. The van der Waals surface area contributed by atoms with E-state index in [4.69, 9.17) is 5.73 Å². The molecule has 0 spiro atoms. The Bertz CT molecular complexity index is 254. The lowest BCUT2D eigenvalue weighted by molar-refractivity contribution is -0.126. The van der Waals surface area contributed by atoms with Crippen molar-refractivity contribution in [3.8, 4) is 0 Å². The van der Waals surface area contributed by atoms with Gasteiger partial charge in [-0.05, 0) is 37.5 Å². The fraction of sp³-hybridized carbons (Fsp3) is 0.917. The smallest absolute Gasteiger partial charge is 0.223 e. The normalized spacial score (nSPS) is 38.5. The summed E-state index contributed by atoms with van der Waals surface area (Å²) in [6.45, 7) is 4.41. The van der Waals surface area contributed by atoms with Gasteiger partial charge in [-0.2, -0.15) is 0 Å². The van der Waals surface area contributed by atoms with Crippen LogP contribution in [0.25, 0.3) is 0 Å². The van der Waals surface area contributed by atoms with Crippen molar-refractivity contribution in [3.63, 3.8) is 0 Å². The van der Waals surface area contributed by atoms with Gasteiger partial charge in [-0.1, -0.05) is 13.8 Å². The average Bonchev–Trinajstić information content (AvgIpc) is 2.74. The topological polar surface area (TPSA) is 55.1 Å². The Balaban J connectivity index is 1.77. The highest BCUT2D eigenvalue weighted by atomic mass is 16.2. The van der Waals surface area contributed by atoms with Gasteiger partial charge in [0.15, 0.2) is 0 Å². The number of hydrogen-bond acceptors (Lipinski definition) is 2. The molecule has 0 radical (unpaired) electrons. The molecule has 2 saturated carbocycles. The second-order valence-electron chi connectivity index (χ2n) is 5.87. The molecule has 0 aromatic heterocycles. The molecular formula is C12H22N2O. The third kappa shape index (κ3) is 2.51. The number of nitrogens with one attached hydrogen (secondary N) is 1. The van der Waals surface area contributed by atoms with Gasteiger partial charge in [-0.15, -0.1) is 0 Å². The maximum atomic E-state index is 11.9. The summed E-state index contributed by atoms with van der Waals surface area (Å²) in [6.07, 6.45) is 5.09. The first kappa shape index (κ1) is 10.9. The average molecular weight is 210 g/mol. The van der Waals surface area contributed by atoms with Crippen LogP contribution in [0, 0.1) is 11.3 Å². The van der Waals surface area contributed by atoms with Crippen molar-refractivity contribution in [3.05, 3.63) is 0 Å². The van der Waals surface area contributed by atoms with E-state index in [-0.39, 0.29) is 11.8 Å². The van der Waals surface area contributed by atoms with Gasteiger partial charge in [0.25, 0.3) is 0 Å². The molecule has 1 atom stereocenters. The SMILES string of the molecule is CC1(C)CC1NC(=O)C1CCC(N)CC1. The second-order valence-corrected chi connectivity index (χ2v) is 5.87. The molecule has 0 heterocycles. The van der Waals surface area contributed by atoms with Gasteiger partial charge in [-0.25, -0.2) is 0 Å². The summed E-state index contributed by atoms with van der Waals surface area (Å²) in [5.74, 6) is 0.485. The zero-order valence-corrected chi connectivity index (χ0v) is 9.75. The lowest BCUT2D eigenvalue weighted by Crippen LogP contribution is -2.38. The molecule has 1 amide bonds. The number of hydrogen-bond donors (Lipinski definition) is 2. The van der Waals surface area contributed by atoms with Crippen LogP contribution in [0.1, 0.15) is 46.0 Å². The number of rotatable bonds is 2. The van der Waals surface area contributed by atoms with Crippen molar-refractivity contribution in [2.45, 2.75) is 58.0 Å². The molecule has 2 fully saturated rings. The highest BCUT2D eigenvalue weighted by Crippen LogP contribution is 2.44. The summed E-state index contributed by atoms with van der Waals surface area (Å²) in [5.41, 5.74) is 6.16. The summed E-state index contributed by atoms with van der Waals surface area (Å²) in [7, 11) is 0. The summed E-state index contributed by atoms with van der Waals surface area (Å²) in [6, 6.07) is 0.743. The predicted octanol–water partition coefficient (Wildman–Crippen LogP) is 1.42. The van der Waals surface area contributed by atoms with Gasteiger partial charge in [0.05, 0.1) is 0 Å². The van der Waals surface area contributed by atoms with Crippen LogP contribution in [0.15, 0.2) is 0 Å². The Morgan fingerprint density at radius 1 is 1.27 bits per heavy atom. The van der Waals surface area contributed by atoms with E-state index in [0.717, 1.165) is 32.1 Å². The largest absolute Gasteiger partial charge is 0.353 e. The molecule has 86 valence electrons. The van der Waals surface area contributed by atoms with Gasteiger partial charge < -0.3 is 11.1 Å². The van der Waals surface area contributed by atoms with Crippen molar-refractivity contribution in [2.75, 3.05) is 0 Å². The molecule has 2 rings (SSSR count). The van der Waals surface area contributed by atoms with E-state index >= 15 is 0 Å². The molecule has 15 heavy (non-hydrogen) atoms. The van der Waals surface area contributed by atoms with Gasteiger partial charge in [0.1, 0.15) is 0 Å². The Morgan fingerprint density at radius 3 is 2.27 bits per heavy atom. The number of amides is 1. The Morgan fingerprint density at radius 2 is 1.80 bits per heavy atom. The van der Waals surface area contributed by atoms with Crippen LogP contribution in [0.3, 0.4) is 0 Å². The molecule has 2 aliphatic carbocycles. The molecule has 2 aliphatic rings. The lowest BCUT2D eigenvalue weighted by Gasteiger charge is -2.25. The zero-order chi connectivity index (χ0) is 11.1. The molecule has 1 unspecified atom stereocenters. The molecule has 3 heteroatoms. The van der Waals surface area contributed by atoms with Crippen LogP contribution in [-0.2, 0) is 4.79 Å². The highest BCUT2D eigenvalue weighted by molar-refractivity contribution is 5.79. The van der Waals surface area contributed by atoms with E-state index < -0.39 is 0 Å². The van der Waals surface area contributed by atoms with E-state index in [9.17, 15) is 4.79 Å². The van der Waals surface area contributed by atoms with E-state index in [1.165, 1.54) is 0 Å². The van der Waals surface area contributed by atoms with Gasteiger partial charge in [-0.3, -0.25) is 4.79 Å². The highest BCUT2D eigenvalue weighted by Gasteiger charge is 2.47. The standard InChI is InChI=1S/C12H22N2O/c1-12(2)7-10(12)14-11(15)8-3-5-9(13)6-4-8/h8-10H,3-7,13H2,1-2H3,(H,14,15). The van der Waals surface area contributed by atoms with Crippen molar-refractivity contribution in [1.29, 1.82) is 0 Å². The first-order valence-electron chi connectivity index (χ1n) is 6.05. The van der Waals surface area contributed by atoms with E-state index in [0.29, 0.717) is 17.5 Å². The molecular weight excluding hydrogens is 188 g/mol. The molecule has 0 bridgehead atoms. The predicted molar refractivity (Wildman–Crippen MR) is 60.3 cm³/mol. The molecule has 0 aliphatic heterocycles. The summed E-state index contributed by atoms with van der Waals surface area (Å²) in [5, 5.41) is 3.15. The fourth-order valence-electron chi connectivity index (χ4n) is 2.38. The van der Waals surface area contributed by atoms with Crippen molar-refractivity contribution in [2.24, 2.45) is 17.1 Å². The Kier molecular flexibility index (Phi) is 2.75. The quantitative estimate of drug-likeness (QED) is 0.724. The van der Waals surface area contributed by atoms with Gasteiger partial charge in [0, 0.05) is 18.0 Å². The van der Waals surface area contributed by atoms with Crippen LogP contribution in [0.2, 0.25) is 0 Å². The monoisotopic (exact) mass is 210 g/mol. The molecule has 0 aromatic carbocycles. The fourth-order valence-corrected chi connectivity index (χ4v) is 2.38. The van der Waals surface area contributed by atoms with E-state index in [1.807, 2.05) is 0 Å². The minimum Gasteiger partial charge on any atom is -0.353 e. The van der Waals surface area contributed by atoms with Crippen LogP contribution in [0.5, 0.6) is 0 Å². The lowest BCUT2D eigenvalue weighted by atomic mass is 9.86. The van der Waals surface area contributed by atoms with Crippen LogP contribution in [0.4, 0.5) is 0 Å². The molecule has 0 saturated heterocycles. The Hall–Kier alpha value is -0.570. The van der Waals surface area contributed by atoms with Gasteiger partial charge in [0.2, 0.25) is 5.91 Å².